The van der Waals surface area contributed by atoms with Crippen molar-refractivity contribution in [2.45, 2.75) is 19.3 Å². The van der Waals surface area contributed by atoms with Gasteiger partial charge in [-0.25, -0.2) is 9.59 Å². The Bertz CT molecular complexity index is 540. The van der Waals surface area contributed by atoms with Gasteiger partial charge in [0.2, 0.25) is 0 Å². The molecule has 0 radical (unpaired) electrons. The van der Waals surface area contributed by atoms with Crippen molar-refractivity contribution in [3.05, 3.63) is 23.8 Å². The molecule has 0 saturated heterocycles. The van der Waals surface area contributed by atoms with Crippen LogP contribution in [-0.2, 0) is 0 Å². The summed E-state index contributed by atoms with van der Waals surface area (Å²) in [6.07, 6.45) is 3.60. The van der Waals surface area contributed by atoms with E-state index in [0.29, 0.717) is 11.6 Å². The fourth-order valence-electron chi connectivity index (χ4n) is 2.31. The predicted molar refractivity (Wildman–Crippen MR) is 78.9 cm³/mol. The molecule has 2 N–H and O–H groups in total. The van der Waals surface area contributed by atoms with Gasteiger partial charge in [-0.1, -0.05) is 6.42 Å². The minimum atomic E-state index is -1.06. The van der Waals surface area contributed by atoms with E-state index in [4.69, 9.17) is 9.84 Å². The minimum Gasteiger partial charge on any atom is -0.496 e. The zero-order valence-electron chi connectivity index (χ0n) is 12.3. The summed E-state index contributed by atoms with van der Waals surface area (Å²) in [6.45, 7) is 0.746. The summed E-state index contributed by atoms with van der Waals surface area (Å²) in [7, 11) is 3.16. The van der Waals surface area contributed by atoms with Crippen molar-refractivity contribution < 1.29 is 19.4 Å². The number of anilines is 1. The van der Waals surface area contributed by atoms with Crippen LogP contribution in [-0.4, -0.2) is 42.7 Å². The number of rotatable bonds is 5. The average molecular weight is 292 g/mol. The quantitative estimate of drug-likeness (QED) is 0.874. The number of nitrogens with zero attached hydrogens (tertiary/aromatic N) is 1. The number of carboxylic acid groups (broad SMARTS) is 1. The topological polar surface area (TPSA) is 78.9 Å². The predicted octanol–water partition coefficient (Wildman–Crippen LogP) is 2.66. The second-order valence-corrected chi connectivity index (χ2v) is 5.33. The van der Waals surface area contributed by atoms with Crippen LogP contribution in [0.15, 0.2) is 18.2 Å². The third kappa shape index (κ3) is 3.65. The number of benzene rings is 1. The van der Waals surface area contributed by atoms with Crippen molar-refractivity contribution in [1.29, 1.82) is 0 Å². The van der Waals surface area contributed by atoms with Crippen molar-refractivity contribution in [2.24, 2.45) is 5.92 Å². The van der Waals surface area contributed by atoms with Crippen molar-refractivity contribution >= 4 is 17.7 Å². The first-order valence-corrected chi connectivity index (χ1v) is 6.94. The molecule has 1 saturated carbocycles. The fraction of sp³-hybridized carbons (Fsp3) is 0.467. The molecule has 0 spiro atoms. The van der Waals surface area contributed by atoms with Crippen LogP contribution in [0.25, 0.3) is 0 Å². The van der Waals surface area contributed by atoms with Crippen LogP contribution in [0.2, 0.25) is 0 Å². The van der Waals surface area contributed by atoms with Crippen LogP contribution in [0.1, 0.15) is 29.6 Å². The minimum absolute atomic E-state index is 0.0679. The molecule has 2 rings (SSSR count). The molecule has 21 heavy (non-hydrogen) atoms. The van der Waals surface area contributed by atoms with Gasteiger partial charge < -0.3 is 20.1 Å². The van der Waals surface area contributed by atoms with Gasteiger partial charge in [-0.2, -0.15) is 0 Å². The summed E-state index contributed by atoms with van der Waals surface area (Å²) in [5.74, 6) is -0.238. The number of aromatic carboxylic acids is 1. The van der Waals surface area contributed by atoms with Gasteiger partial charge in [0.25, 0.3) is 0 Å². The smallest absolute Gasteiger partial charge is 0.339 e. The Labute approximate surface area is 123 Å². The molecule has 1 fully saturated rings. The molecule has 2 amide bonds. The zero-order valence-corrected chi connectivity index (χ0v) is 12.3. The molecular weight excluding hydrogens is 272 g/mol. The number of urea groups is 1. The number of amides is 2. The van der Waals surface area contributed by atoms with E-state index < -0.39 is 5.97 Å². The van der Waals surface area contributed by atoms with Crippen molar-refractivity contribution in [1.82, 2.24) is 4.90 Å². The Kier molecular flexibility index (Phi) is 4.67. The summed E-state index contributed by atoms with van der Waals surface area (Å²) in [6, 6.07) is 4.29. The van der Waals surface area contributed by atoms with Gasteiger partial charge in [-0.3, -0.25) is 0 Å². The average Bonchev–Trinajstić information content (AvgIpc) is 2.42. The van der Waals surface area contributed by atoms with E-state index in [2.05, 4.69) is 5.32 Å². The van der Waals surface area contributed by atoms with E-state index in [-0.39, 0.29) is 17.3 Å². The van der Waals surface area contributed by atoms with E-state index in [1.54, 1.807) is 18.0 Å². The van der Waals surface area contributed by atoms with Gasteiger partial charge in [-0.05, 0) is 30.9 Å². The van der Waals surface area contributed by atoms with E-state index in [1.165, 1.54) is 38.5 Å². The molecule has 1 aliphatic rings. The molecular formula is C15H20N2O4. The van der Waals surface area contributed by atoms with Crippen LogP contribution in [0.4, 0.5) is 10.5 Å². The third-order valence-electron chi connectivity index (χ3n) is 3.79. The number of carbonyl (C=O) groups excluding carboxylic acids is 1. The first-order chi connectivity index (χ1) is 10.0. The monoisotopic (exact) mass is 292 g/mol. The van der Waals surface area contributed by atoms with E-state index in [9.17, 15) is 9.59 Å². The van der Waals surface area contributed by atoms with Gasteiger partial charge in [0.05, 0.1) is 7.11 Å². The summed E-state index contributed by atoms with van der Waals surface area (Å²) in [5, 5.41) is 11.8. The maximum Gasteiger partial charge on any atom is 0.339 e. The lowest BCUT2D eigenvalue weighted by molar-refractivity contribution is 0.0693. The summed E-state index contributed by atoms with van der Waals surface area (Å²) in [4.78, 5) is 24.7. The molecule has 0 aromatic heterocycles. The van der Waals surface area contributed by atoms with Gasteiger partial charge in [-0.15, -0.1) is 0 Å². The van der Waals surface area contributed by atoms with Crippen LogP contribution in [0.3, 0.4) is 0 Å². The first kappa shape index (κ1) is 15.2. The summed E-state index contributed by atoms with van der Waals surface area (Å²) >= 11 is 0. The zero-order chi connectivity index (χ0) is 15.4. The fourth-order valence-corrected chi connectivity index (χ4v) is 2.31. The normalized spacial score (nSPS) is 14.2. The van der Waals surface area contributed by atoms with Crippen LogP contribution in [0, 0.1) is 5.92 Å². The summed E-state index contributed by atoms with van der Waals surface area (Å²) < 4.78 is 5.03. The number of carbonyl (C=O) groups is 2. The Morgan fingerprint density at radius 2 is 2.14 bits per heavy atom. The van der Waals surface area contributed by atoms with Crippen LogP contribution < -0.4 is 10.1 Å². The maximum atomic E-state index is 12.1. The lowest BCUT2D eigenvalue weighted by Crippen LogP contribution is -2.37. The molecule has 0 atom stereocenters. The Balaban J connectivity index is 2.01. The number of methoxy groups -OCH3 is 1. The highest BCUT2D eigenvalue weighted by Gasteiger charge is 2.21. The molecule has 6 heteroatoms. The molecule has 114 valence electrons. The second kappa shape index (κ2) is 6.47. The van der Waals surface area contributed by atoms with Crippen LogP contribution in [0.5, 0.6) is 5.75 Å². The van der Waals surface area contributed by atoms with Gasteiger partial charge >= 0.3 is 12.0 Å². The molecule has 0 bridgehead atoms. The second-order valence-electron chi connectivity index (χ2n) is 5.33. The Morgan fingerprint density at radius 1 is 1.43 bits per heavy atom. The van der Waals surface area contributed by atoms with E-state index in [0.717, 1.165) is 6.54 Å². The standard InChI is InChI=1S/C15H20N2O4/c1-17(9-10-4-3-5-10)15(20)16-11-6-7-12(14(18)19)13(8-11)21-2/h6-8,10H,3-5,9H2,1-2H3,(H,16,20)(H,18,19). The van der Waals surface area contributed by atoms with Gasteiger partial charge in [0.1, 0.15) is 11.3 Å². The molecule has 0 heterocycles. The Morgan fingerprint density at radius 3 is 2.67 bits per heavy atom. The number of nitrogens with one attached hydrogen (secondary N) is 1. The van der Waals surface area contributed by atoms with Crippen LogP contribution >= 0.6 is 0 Å². The highest BCUT2D eigenvalue weighted by atomic mass is 16.5. The van der Waals surface area contributed by atoms with Crippen molar-refractivity contribution in [3.63, 3.8) is 0 Å². The van der Waals surface area contributed by atoms with E-state index >= 15 is 0 Å². The SMILES string of the molecule is COc1cc(NC(=O)N(C)CC2CCC2)ccc1C(=O)O. The third-order valence-corrected chi connectivity index (χ3v) is 3.79. The lowest BCUT2D eigenvalue weighted by Gasteiger charge is -2.30. The Hall–Kier alpha value is -2.24. The maximum absolute atomic E-state index is 12.1. The number of ether oxygens (including phenoxy) is 1. The van der Waals surface area contributed by atoms with Crippen molar-refractivity contribution in [2.75, 3.05) is 26.0 Å². The number of hydrogen-bond acceptors (Lipinski definition) is 3. The van der Waals surface area contributed by atoms with Crippen molar-refractivity contribution in [3.8, 4) is 5.75 Å². The molecule has 0 unspecified atom stereocenters. The van der Waals surface area contributed by atoms with E-state index in [1.807, 2.05) is 0 Å². The molecule has 1 aromatic rings. The molecule has 6 nitrogen and oxygen atoms in total. The number of carboxylic acids is 1. The number of hydrogen-bond donors (Lipinski definition) is 2. The first-order valence-electron chi connectivity index (χ1n) is 6.94. The lowest BCUT2D eigenvalue weighted by atomic mass is 9.85. The van der Waals surface area contributed by atoms with Gasteiger partial charge in [0.15, 0.2) is 0 Å². The molecule has 0 aliphatic heterocycles. The highest BCUT2D eigenvalue weighted by Crippen LogP contribution is 2.27. The molecule has 1 aromatic carbocycles. The molecule has 1 aliphatic carbocycles. The largest absolute Gasteiger partial charge is 0.496 e. The highest BCUT2D eigenvalue weighted by molar-refractivity contribution is 5.94. The summed E-state index contributed by atoms with van der Waals surface area (Å²) in [5.41, 5.74) is 0.584. The van der Waals surface area contributed by atoms with Gasteiger partial charge in [0, 0.05) is 25.3 Å².